The molecule has 4 aliphatic rings. The maximum absolute atomic E-state index is 13.8. The molecular formula is C25H39N5O5. The highest BCUT2D eigenvalue weighted by Gasteiger charge is 2.70. The number of carbonyl (C=O) groups is 5. The number of nitrogens with one attached hydrogen (secondary N) is 3. The van der Waals surface area contributed by atoms with Gasteiger partial charge in [-0.3, -0.25) is 19.2 Å². The summed E-state index contributed by atoms with van der Waals surface area (Å²) in [5.74, 6) is -2.25. The Hall–Kier alpha value is -2.65. The van der Waals surface area contributed by atoms with E-state index in [4.69, 9.17) is 5.73 Å². The third kappa shape index (κ3) is 5.30. The quantitative estimate of drug-likeness (QED) is 0.351. The molecular weight excluding hydrogens is 450 g/mol. The van der Waals surface area contributed by atoms with E-state index < -0.39 is 41.1 Å². The summed E-state index contributed by atoms with van der Waals surface area (Å²) in [5, 5.41) is 8.45. The molecule has 4 rings (SSSR count). The van der Waals surface area contributed by atoms with Crippen LogP contribution in [0.4, 0.5) is 4.79 Å². The van der Waals surface area contributed by atoms with Gasteiger partial charge in [-0.1, -0.05) is 47.5 Å². The number of piperidine rings is 1. The van der Waals surface area contributed by atoms with Crippen LogP contribution in [0, 0.1) is 28.6 Å². The van der Waals surface area contributed by atoms with E-state index in [1.807, 2.05) is 20.8 Å². The van der Waals surface area contributed by atoms with Gasteiger partial charge >= 0.3 is 6.03 Å². The largest absolute Gasteiger partial charge is 0.363 e. The van der Waals surface area contributed by atoms with Gasteiger partial charge in [0.25, 0.3) is 5.91 Å². The number of nitrogens with two attached hydrogens (primary N) is 1. The number of nitrogens with zero attached hydrogens (tertiary/aromatic N) is 1. The topological polar surface area (TPSA) is 151 Å². The van der Waals surface area contributed by atoms with Gasteiger partial charge in [0.15, 0.2) is 0 Å². The Bertz CT molecular complexity index is 933. The molecule has 0 aromatic heterocycles. The number of hydrogen-bond donors (Lipinski definition) is 4. The molecule has 10 nitrogen and oxygen atoms in total. The molecule has 0 bridgehead atoms. The Labute approximate surface area is 206 Å². The standard InChI is InChI=1S/C25H39N5O5/c1-24(2,3)19(29-23(35)27-13-8-9-13)22(34)30-11-14-16(25(14,4)5)17(30)21(33)28-15(10-12-6-7-12)18(31)20(26)32/h12-17,19H,6-11H2,1-5H3,(H2,26,32)(H,28,33)(H2,27,29,35)/t14-,15?,16-,17-,19+/m0/s1. The molecule has 0 aromatic carbocycles. The Balaban J connectivity index is 1.53. The molecule has 3 aliphatic carbocycles. The molecule has 35 heavy (non-hydrogen) atoms. The molecule has 1 saturated heterocycles. The molecule has 5 amide bonds. The third-order valence-electron chi connectivity index (χ3n) is 8.20. The van der Waals surface area contributed by atoms with Gasteiger partial charge in [-0.25, -0.2) is 4.79 Å². The summed E-state index contributed by atoms with van der Waals surface area (Å²) >= 11 is 0. The van der Waals surface area contributed by atoms with Gasteiger partial charge in [-0.15, -0.1) is 0 Å². The maximum atomic E-state index is 13.8. The van der Waals surface area contributed by atoms with E-state index in [9.17, 15) is 24.0 Å². The number of urea groups is 1. The van der Waals surface area contributed by atoms with Crippen molar-refractivity contribution in [1.29, 1.82) is 0 Å². The molecule has 4 fully saturated rings. The van der Waals surface area contributed by atoms with Crippen LogP contribution in [0.5, 0.6) is 0 Å². The minimum absolute atomic E-state index is 0.0578. The molecule has 3 saturated carbocycles. The van der Waals surface area contributed by atoms with E-state index in [0.717, 1.165) is 25.7 Å². The summed E-state index contributed by atoms with van der Waals surface area (Å²) in [6, 6.07) is -2.82. The zero-order chi connectivity index (χ0) is 25.9. The van der Waals surface area contributed by atoms with E-state index >= 15 is 0 Å². The number of likely N-dealkylation sites (tertiary alicyclic amines) is 1. The van der Waals surface area contributed by atoms with Crippen molar-refractivity contribution in [2.24, 2.45) is 34.3 Å². The van der Waals surface area contributed by atoms with Gasteiger partial charge < -0.3 is 26.6 Å². The number of fused-ring (bicyclic) bond motifs is 1. The molecule has 1 heterocycles. The summed E-state index contributed by atoms with van der Waals surface area (Å²) in [6.07, 6.45) is 4.14. The van der Waals surface area contributed by atoms with Gasteiger partial charge in [-0.2, -0.15) is 0 Å². The number of ketones is 1. The number of rotatable bonds is 9. The predicted molar refractivity (Wildman–Crippen MR) is 128 cm³/mol. The zero-order valence-corrected chi connectivity index (χ0v) is 21.3. The molecule has 10 heteroatoms. The third-order valence-corrected chi connectivity index (χ3v) is 8.20. The Morgan fingerprint density at radius 3 is 2.17 bits per heavy atom. The lowest BCUT2D eigenvalue weighted by atomic mass is 9.85. The number of Topliss-reactive ketones (excluding diaryl/α,β-unsaturated/α-hetero) is 1. The van der Waals surface area contributed by atoms with Crippen molar-refractivity contribution in [3.63, 3.8) is 0 Å². The zero-order valence-electron chi connectivity index (χ0n) is 21.3. The van der Waals surface area contributed by atoms with Crippen LogP contribution in [0.3, 0.4) is 0 Å². The fourth-order valence-electron chi connectivity index (χ4n) is 5.56. The van der Waals surface area contributed by atoms with Crippen molar-refractivity contribution in [2.45, 2.75) is 90.9 Å². The van der Waals surface area contributed by atoms with Gasteiger partial charge in [0.1, 0.15) is 12.1 Å². The molecule has 1 aliphatic heterocycles. The van der Waals surface area contributed by atoms with Crippen LogP contribution >= 0.6 is 0 Å². The minimum Gasteiger partial charge on any atom is -0.363 e. The first-order chi connectivity index (χ1) is 16.2. The molecule has 1 unspecified atom stereocenters. The lowest BCUT2D eigenvalue weighted by molar-refractivity contribution is -0.145. The highest BCUT2D eigenvalue weighted by atomic mass is 16.2. The van der Waals surface area contributed by atoms with Crippen LogP contribution in [0.25, 0.3) is 0 Å². The Morgan fingerprint density at radius 1 is 1.03 bits per heavy atom. The summed E-state index contributed by atoms with van der Waals surface area (Å²) < 4.78 is 0. The second kappa shape index (κ2) is 8.78. The number of amides is 5. The average Bonchev–Trinajstić information content (AvgIpc) is 3.69. The van der Waals surface area contributed by atoms with E-state index in [1.165, 1.54) is 0 Å². The molecule has 0 aromatic rings. The highest BCUT2D eigenvalue weighted by molar-refractivity contribution is 6.37. The summed E-state index contributed by atoms with van der Waals surface area (Å²) in [5.41, 5.74) is 4.53. The van der Waals surface area contributed by atoms with Gasteiger partial charge in [0.05, 0.1) is 6.04 Å². The van der Waals surface area contributed by atoms with E-state index in [0.29, 0.717) is 13.0 Å². The van der Waals surface area contributed by atoms with Gasteiger partial charge in [0.2, 0.25) is 17.6 Å². The first-order valence-electron chi connectivity index (χ1n) is 12.7. The smallest absolute Gasteiger partial charge is 0.315 e. The van der Waals surface area contributed by atoms with Crippen molar-refractivity contribution in [2.75, 3.05) is 6.54 Å². The van der Waals surface area contributed by atoms with Crippen molar-refractivity contribution in [3.8, 4) is 0 Å². The van der Waals surface area contributed by atoms with Crippen molar-refractivity contribution >= 4 is 29.5 Å². The monoisotopic (exact) mass is 489 g/mol. The van der Waals surface area contributed by atoms with Gasteiger partial charge in [0, 0.05) is 12.6 Å². The second-order valence-electron chi connectivity index (χ2n) is 12.5. The minimum atomic E-state index is -1.07. The SMILES string of the molecule is CC(C)(C)[C@H](NC(=O)NC1CC1)C(=O)N1C[C@H]2[C@@H]([C@H]1C(=O)NC(CC1CC1)C(=O)C(N)=O)C2(C)C. The lowest BCUT2D eigenvalue weighted by Crippen LogP contribution is -2.61. The van der Waals surface area contributed by atoms with E-state index in [2.05, 4.69) is 29.8 Å². The first kappa shape index (κ1) is 25.4. The van der Waals surface area contributed by atoms with E-state index in [-0.39, 0.29) is 41.1 Å². The fraction of sp³-hybridized carbons (Fsp3) is 0.800. The van der Waals surface area contributed by atoms with E-state index in [1.54, 1.807) is 4.90 Å². The average molecular weight is 490 g/mol. The molecule has 194 valence electrons. The van der Waals surface area contributed by atoms with Gasteiger partial charge in [-0.05, 0) is 47.8 Å². The van der Waals surface area contributed by atoms with Crippen molar-refractivity contribution in [1.82, 2.24) is 20.9 Å². The number of carbonyl (C=O) groups excluding carboxylic acids is 5. The molecule has 0 radical (unpaired) electrons. The highest BCUT2D eigenvalue weighted by Crippen LogP contribution is 2.65. The van der Waals surface area contributed by atoms with Crippen LogP contribution in [0.15, 0.2) is 0 Å². The molecule has 5 N–H and O–H groups in total. The van der Waals surface area contributed by atoms with Crippen LogP contribution in [0.1, 0.15) is 66.7 Å². The summed E-state index contributed by atoms with van der Waals surface area (Å²) in [7, 11) is 0. The van der Waals surface area contributed by atoms with Crippen molar-refractivity contribution < 1.29 is 24.0 Å². The van der Waals surface area contributed by atoms with Crippen molar-refractivity contribution in [3.05, 3.63) is 0 Å². The Kier molecular flexibility index (Phi) is 6.38. The number of hydrogen-bond acceptors (Lipinski definition) is 5. The maximum Gasteiger partial charge on any atom is 0.315 e. The Morgan fingerprint density at radius 2 is 1.66 bits per heavy atom. The molecule has 5 atom stereocenters. The number of primary amides is 1. The lowest BCUT2D eigenvalue weighted by Gasteiger charge is -2.38. The second-order valence-corrected chi connectivity index (χ2v) is 12.5. The van der Waals surface area contributed by atoms with Crippen LogP contribution in [-0.2, 0) is 19.2 Å². The first-order valence-corrected chi connectivity index (χ1v) is 12.7. The van der Waals surface area contributed by atoms with Crippen LogP contribution in [0.2, 0.25) is 0 Å². The summed E-state index contributed by atoms with van der Waals surface area (Å²) in [6.45, 7) is 10.2. The summed E-state index contributed by atoms with van der Waals surface area (Å²) in [4.78, 5) is 65.4. The van der Waals surface area contributed by atoms with Crippen LogP contribution < -0.4 is 21.7 Å². The predicted octanol–water partition coefficient (Wildman–Crippen LogP) is 0.685. The van der Waals surface area contributed by atoms with Crippen LogP contribution in [-0.4, -0.2) is 65.1 Å². The molecule has 0 spiro atoms. The normalized spacial score (nSPS) is 28.4. The fourth-order valence-corrected chi connectivity index (χ4v) is 5.56.